The lowest BCUT2D eigenvalue weighted by Crippen LogP contribution is -1.96. The fourth-order valence-corrected chi connectivity index (χ4v) is 0.758. The Kier molecular flexibility index (Phi) is 10.6. The molecule has 0 bridgehead atoms. The van der Waals surface area contributed by atoms with Gasteiger partial charge in [-0.2, -0.15) is 5.92 Å². The van der Waals surface area contributed by atoms with Gasteiger partial charge in [0.25, 0.3) is 0 Å². The van der Waals surface area contributed by atoms with Crippen molar-refractivity contribution in [2.75, 3.05) is 0 Å². The molecule has 0 radical (unpaired) electrons. The van der Waals surface area contributed by atoms with E-state index in [4.69, 9.17) is 6.42 Å². The van der Waals surface area contributed by atoms with E-state index in [0.29, 0.717) is 16.7 Å². The third-order valence-electron chi connectivity index (χ3n) is 1.89. The lowest BCUT2D eigenvalue weighted by molar-refractivity contribution is -0.114. The first kappa shape index (κ1) is 18.9. The number of hydrogen-bond acceptors (Lipinski definition) is 2. The SMILES string of the molecule is C=C(C)C(C)=O.[C-]#CC#C/C(C)=C(\C#CC)C(C)=O. The predicted molar refractivity (Wildman–Crippen MR) is 77.2 cm³/mol. The zero-order valence-corrected chi connectivity index (χ0v) is 12.0. The third kappa shape index (κ3) is 10.4. The Morgan fingerprint density at radius 2 is 1.47 bits per heavy atom. The molecule has 0 N–H and O–H groups in total. The highest BCUT2D eigenvalue weighted by molar-refractivity contribution is 5.99. The number of carbonyl (C=O) groups is 2. The molecule has 2 nitrogen and oxygen atoms in total. The maximum absolute atomic E-state index is 11.0. The fourth-order valence-electron chi connectivity index (χ4n) is 0.758. The summed E-state index contributed by atoms with van der Waals surface area (Å²) in [5, 5.41) is 0. The van der Waals surface area contributed by atoms with Crippen LogP contribution in [-0.4, -0.2) is 11.6 Å². The largest absolute Gasteiger partial charge is 0.358 e. The molecular formula is C17H17O2-. The summed E-state index contributed by atoms with van der Waals surface area (Å²) in [6, 6.07) is 0. The van der Waals surface area contributed by atoms with Crippen molar-refractivity contribution < 1.29 is 9.59 Å². The van der Waals surface area contributed by atoms with Crippen LogP contribution in [-0.2, 0) is 9.59 Å². The predicted octanol–water partition coefficient (Wildman–Crippen LogP) is 2.66. The van der Waals surface area contributed by atoms with Gasteiger partial charge in [-0.05, 0) is 45.8 Å². The molecule has 0 spiro atoms. The van der Waals surface area contributed by atoms with Crippen LogP contribution in [0.1, 0.15) is 34.6 Å². The van der Waals surface area contributed by atoms with E-state index in [9.17, 15) is 9.59 Å². The molecule has 0 amide bonds. The first-order valence-corrected chi connectivity index (χ1v) is 5.51. The van der Waals surface area contributed by atoms with Crippen molar-refractivity contribution in [3.63, 3.8) is 0 Å². The molecule has 2 heteroatoms. The van der Waals surface area contributed by atoms with Gasteiger partial charge in [0.15, 0.2) is 11.6 Å². The van der Waals surface area contributed by atoms with Gasteiger partial charge < -0.3 is 6.42 Å². The second-order valence-corrected chi connectivity index (χ2v) is 3.64. The van der Waals surface area contributed by atoms with Gasteiger partial charge in [-0.15, -0.1) is 5.92 Å². The second kappa shape index (κ2) is 10.6. The minimum absolute atomic E-state index is 0.0648. The van der Waals surface area contributed by atoms with Crippen molar-refractivity contribution in [3.8, 4) is 29.6 Å². The van der Waals surface area contributed by atoms with Crippen LogP contribution in [0.15, 0.2) is 23.3 Å². The van der Waals surface area contributed by atoms with Crippen LogP contribution in [0.5, 0.6) is 0 Å². The van der Waals surface area contributed by atoms with E-state index in [-0.39, 0.29) is 11.6 Å². The minimum atomic E-state index is -0.105. The molecule has 98 valence electrons. The van der Waals surface area contributed by atoms with Crippen molar-refractivity contribution in [2.24, 2.45) is 0 Å². The van der Waals surface area contributed by atoms with E-state index in [1.807, 2.05) is 5.92 Å². The molecule has 0 aromatic heterocycles. The maximum atomic E-state index is 11.0. The molecule has 0 aromatic rings. The summed E-state index contributed by atoms with van der Waals surface area (Å²) in [5.74, 6) is 12.1. The van der Waals surface area contributed by atoms with Crippen molar-refractivity contribution >= 4 is 11.6 Å². The average molecular weight is 253 g/mol. The van der Waals surface area contributed by atoms with Crippen LogP contribution in [0.2, 0.25) is 0 Å². The van der Waals surface area contributed by atoms with Crippen molar-refractivity contribution in [3.05, 3.63) is 29.7 Å². The molecule has 0 aliphatic heterocycles. The Balaban J connectivity index is 0. The Morgan fingerprint density at radius 1 is 1.00 bits per heavy atom. The lowest BCUT2D eigenvalue weighted by Gasteiger charge is -1.96. The Hall–Kier alpha value is -2.50. The summed E-state index contributed by atoms with van der Waals surface area (Å²) in [4.78, 5) is 21.1. The van der Waals surface area contributed by atoms with Gasteiger partial charge in [0.2, 0.25) is 0 Å². The topological polar surface area (TPSA) is 34.1 Å². The molecule has 0 aliphatic rings. The van der Waals surface area contributed by atoms with Crippen LogP contribution < -0.4 is 0 Å². The smallest absolute Gasteiger partial charge is 0.169 e. The Bertz CT molecular complexity index is 546. The first-order chi connectivity index (χ1) is 8.77. The number of allylic oxidation sites excluding steroid dienone is 3. The van der Waals surface area contributed by atoms with E-state index in [1.54, 1.807) is 20.8 Å². The number of Topliss-reactive ketones (excluding diaryl/α,β-unsaturated/α-hetero) is 2. The zero-order chi connectivity index (χ0) is 15.4. The molecule has 19 heavy (non-hydrogen) atoms. The van der Waals surface area contributed by atoms with Gasteiger partial charge in [0.05, 0.1) is 5.57 Å². The number of rotatable bonds is 2. The molecular weight excluding hydrogens is 236 g/mol. The summed E-state index contributed by atoms with van der Waals surface area (Å²) >= 11 is 0. The van der Waals surface area contributed by atoms with Crippen LogP contribution in [0.25, 0.3) is 0 Å². The van der Waals surface area contributed by atoms with Crippen LogP contribution in [0.4, 0.5) is 0 Å². The number of ketones is 2. The normalized spacial score (nSPS) is 8.84. The zero-order valence-electron chi connectivity index (χ0n) is 12.0. The van der Waals surface area contributed by atoms with Gasteiger partial charge in [-0.25, -0.2) is 5.92 Å². The molecule has 0 saturated heterocycles. The van der Waals surface area contributed by atoms with Crippen LogP contribution >= 0.6 is 0 Å². The van der Waals surface area contributed by atoms with E-state index in [2.05, 4.69) is 30.3 Å². The van der Waals surface area contributed by atoms with Crippen LogP contribution in [0, 0.1) is 36.0 Å². The van der Waals surface area contributed by atoms with Gasteiger partial charge >= 0.3 is 0 Å². The van der Waals surface area contributed by atoms with Crippen molar-refractivity contribution in [1.82, 2.24) is 0 Å². The highest BCUT2D eigenvalue weighted by Gasteiger charge is 2.01. The molecule has 0 aliphatic carbocycles. The number of carbonyl (C=O) groups excluding carboxylic acids is 2. The van der Waals surface area contributed by atoms with E-state index < -0.39 is 0 Å². The van der Waals surface area contributed by atoms with Crippen molar-refractivity contribution in [2.45, 2.75) is 34.6 Å². The molecule has 0 saturated carbocycles. The standard InChI is InChI=1S/C12H9O.C5H8O/c1-5-7-9-10(3)12(8-6-2)11(4)13;1-4(2)5(3)6/h2-4H3;1H2,2-3H3/q-1;/b12-10+;. The summed E-state index contributed by atoms with van der Waals surface area (Å²) in [7, 11) is 0. The summed E-state index contributed by atoms with van der Waals surface area (Å²) < 4.78 is 0. The van der Waals surface area contributed by atoms with Gasteiger partial charge in [0.1, 0.15) is 0 Å². The lowest BCUT2D eigenvalue weighted by atomic mass is 10.1. The summed E-state index contributed by atoms with van der Waals surface area (Å²) in [5.41, 5.74) is 1.61. The third-order valence-corrected chi connectivity index (χ3v) is 1.89. The Labute approximate surface area is 116 Å². The van der Waals surface area contributed by atoms with E-state index in [1.165, 1.54) is 13.8 Å². The highest BCUT2D eigenvalue weighted by atomic mass is 16.1. The molecule has 0 unspecified atom stereocenters. The highest BCUT2D eigenvalue weighted by Crippen LogP contribution is 2.02. The molecule has 0 heterocycles. The summed E-state index contributed by atoms with van der Waals surface area (Å²) in [6.07, 6.45) is 6.58. The monoisotopic (exact) mass is 253 g/mol. The molecule has 0 fully saturated rings. The molecule has 0 rings (SSSR count). The summed E-state index contributed by atoms with van der Waals surface area (Å²) in [6.45, 7) is 11.4. The van der Waals surface area contributed by atoms with E-state index in [0.717, 1.165) is 0 Å². The molecule has 0 aromatic carbocycles. The molecule has 0 atom stereocenters. The minimum Gasteiger partial charge on any atom is -0.358 e. The first-order valence-electron chi connectivity index (χ1n) is 5.51. The Morgan fingerprint density at radius 3 is 1.74 bits per heavy atom. The number of hydrogen-bond donors (Lipinski definition) is 0. The van der Waals surface area contributed by atoms with E-state index >= 15 is 0 Å². The fraction of sp³-hybridized carbons (Fsp3) is 0.294. The van der Waals surface area contributed by atoms with Gasteiger partial charge in [-0.1, -0.05) is 12.5 Å². The average Bonchev–Trinajstić information content (AvgIpc) is 2.33. The van der Waals surface area contributed by atoms with Crippen LogP contribution in [0.3, 0.4) is 0 Å². The maximum Gasteiger partial charge on any atom is 0.169 e. The van der Waals surface area contributed by atoms with Crippen molar-refractivity contribution in [1.29, 1.82) is 0 Å². The van der Waals surface area contributed by atoms with Gasteiger partial charge in [0, 0.05) is 0 Å². The quantitative estimate of drug-likeness (QED) is 0.431. The second-order valence-electron chi connectivity index (χ2n) is 3.64. The van der Waals surface area contributed by atoms with Gasteiger partial charge in [-0.3, -0.25) is 15.5 Å².